The molecule has 0 rings (SSSR count). The molecule has 12 heavy (non-hydrogen) atoms. The van der Waals surface area contributed by atoms with E-state index in [1.807, 2.05) is 0 Å². The standard InChI is InChI=1S/C11H23O/c1-4-7-10-12-11(8-5-2)9-6-3/h8,11H,4-7,9-10H2,1-3H3. The topological polar surface area (TPSA) is 9.23 Å². The predicted octanol–water partition coefficient (Wildman–Crippen LogP) is 3.59. The van der Waals surface area contributed by atoms with Gasteiger partial charge in [-0.1, -0.05) is 40.0 Å². The molecule has 0 fully saturated rings. The van der Waals surface area contributed by atoms with Gasteiger partial charge >= 0.3 is 0 Å². The Kier molecular flexibility index (Phi) is 9.02. The van der Waals surface area contributed by atoms with Gasteiger partial charge in [0, 0.05) is 6.61 Å². The molecule has 0 aliphatic carbocycles. The fraction of sp³-hybridized carbons (Fsp3) is 0.909. The lowest BCUT2D eigenvalue weighted by atomic mass is 10.1. The summed E-state index contributed by atoms with van der Waals surface area (Å²) in [6.45, 7) is 7.50. The molecule has 0 bridgehead atoms. The van der Waals surface area contributed by atoms with Crippen molar-refractivity contribution in [2.45, 2.75) is 59.0 Å². The Labute approximate surface area is 77.5 Å². The van der Waals surface area contributed by atoms with E-state index >= 15 is 0 Å². The fourth-order valence-electron chi connectivity index (χ4n) is 1.20. The van der Waals surface area contributed by atoms with E-state index in [2.05, 4.69) is 27.2 Å². The van der Waals surface area contributed by atoms with Gasteiger partial charge in [0.05, 0.1) is 6.10 Å². The minimum atomic E-state index is 0.409. The Bertz CT molecular complexity index is 75.1. The monoisotopic (exact) mass is 171 g/mol. The summed E-state index contributed by atoms with van der Waals surface area (Å²) >= 11 is 0. The van der Waals surface area contributed by atoms with E-state index in [4.69, 9.17) is 4.74 Å². The van der Waals surface area contributed by atoms with Gasteiger partial charge in [-0.15, -0.1) is 0 Å². The molecule has 1 atom stereocenters. The normalized spacial score (nSPS) is 11.0. The van der Waals surface area contributed by atoms with Crippen molar-refractivity contribution in [3.8, 4) is 0 Å². The van der Waals surface area contributed by atoms with E-state index in [-0.39, 0.29) is 0 Å². The van der Waals surface area contributed by atoms with Crippen LogP contribution in [0, 0.1) is 6.42 Å². The quantitative estimate of drug-likeness (QED) is 0.507. The van der Waals surface area contributed by atoms with E-state index < -0.39 is 0 Å². The molecule has 73 valence electrons. The first kappa shape index (κ1) is 12.0. The van der Waals surface area contributed by atoms with Gasteiger partial charge in [0.25, 0.3) is 0 Å². The van der Waals surface area contributed by atoms with Crippen molar-refractivity contribution in [1.82, 2.24) is 0 Å². The van der Waals surface area contributed by atoms with Crippen LogP contribution in [0.2, 0.25) is 0 Å². The minimum absolute atomic E-state index is 0.409. The second-order valence-corrected chi connectivity index (χ2v) is 3.20. The van der Waals surface area contributed by atoms with Gasteiger partial charge in [-0.3, -0.25) is 0 Å². The average Bonchev–Trinajstić information content (AvgIpc) is 2.06. The Morgan fingerprint density at radius 1 is 1.17 bits per heavy atom. The first-order valence-electron chi connectivity index (χ1n) is 5.30. The third-order valence-corrected chi connectivity index (χ3v) is 1.90. The molecule has 0 heterocycles. The second-order valence-electron chi connectivity index (χ2n) is 3.20. The van der Waals surface area contributed by atoms with Crippen LogP contribution in [-0.4, -0.2) is 12.7 Å². The first-order chi connectivity index (χ1) is 5.85. The lowest BCUT2D eigenvalue weighted by Gasteiger charge is -2.15. The van der Waals surface area contributed by atoms with Gasteiger partial charge < -0.3 is 4.74 Å². The average molecular weight is 171 g/mol. The molecule has 1 unspecified atom stereocenters. The molecule has 1 heteroatoms. The zero-order valence-electron chi connectivity index (χ0n) is 8.81. The van der Waals surface area contributed by atoms with Crippen molar-refractivity contribution in [2.24, 2.45) is 0 Å². The lowest BCUT2D eigenvalue weighted by Crippen LogP contribution is -2.13. The Balaban J connectivity index is 3.34. The zero-order valence-corrected chi connectivity index (χ0v) is 8.81. The Morgan fingerprint density at radius 2 is 1.92 bits per heavy atom. The maximum atomic E-state index is 5.71. The van der Waals surface area contributed by atoms with Crippen LogP contribution in [0.3, 0.4) is 0 Å². The van der Waals surface area contributed by atoms with Gasteiger partial charge in [-0.25, -0.2) is 0 Å². The number of unbranched alkanes of at least 4 members (excludes halogenated alkanes) is 1. The maximum Gasteiger partial charge on any atom is 0.0606 e. The highest BCUT2D eigenvalue weighted by atomic mass is 16.5. The number of hydrogen-bond donors (Lipinski definition) is 0. The number of hydrogen-bond acceptors (Lipinski definition) is 1. The highest BCUT2D eigenvalue weighted by molar-refractivity contribution is 4.74. The van der Waals surface area contributed by atoms with Crippen LogP contribution < -0.4 is 0 Å². The highest BCUT2D eigenvalue weighted by Gasteiger charge is 2.05. The minimum Gasteiger partial charge on any atom is -0.378 e. The predicted molar refractivity (Wildman–Crippen MR) is 54.1 cm³/mol. The largest absolute Gasteiger partial charge is 0.378 e. The molecule has 0 aliphatic rings. The Morgan fingerprint density at radius 3 is 2.42 bits per heavy atom. The highest BCUT2D eigenvalue weighted by Crippen LogP contribution is 2.08. The maximum absolute atomic E-state index is 5.71. The van der Waals surface area contributed by atoms with Crippen molar-refractivity contribution >= 4 is 0 Å². The molecule has 0 aliphatic heterocycles. The van der Waals surface area contributed by atoms with Crippen LogP contribution in [0.15, 0.2) is 0 Å². The summed E-state index contributed by atoms with van der Waals surface area (Å²) in [6.07, 6.45) is 8.62. The van der Waals surface area contributed by atoms with E-state index in [9.17, 15) is 0 Å². The Hall–Kier alpha value is -0.0400. The molecule has 0 aromatic rings. The van der Waals surface area contributed by atoms with Crippen molar-refractivity contribution in [2.75, 3.05) is 6.61 Å². The van der Waals surface area contributed by atoms with Crippen LogP contribution in [-0.2, 0) is 4.74 Å². The van der Waals surface area contributed by atoms with Crippen molar-refractivity contribution in [1.29, 1.82) is 0 Å². The van der Waals surface area contributed by atoms with Crippen LogP contribution >= 0.6 is 0 Å². The summed E-state index contributed by atoms with van der Waals surface area (Å²) in [6, 6.07) is 0. The van der Waals surface area contributed by atoms with E-state index in [1.165, 1.54) is 25.7 Å². The molecule has 0 saturated heterocycles. The van der Waals surface area contributed by atoms with E-state index in [1.54, 1.807) is 0 Å². The summed E-state index contributed by atoms with van der Waals surface area (Å²) < 4.78 is 5.71. The first-order valence-corrected chi connectivity index (χ1v) is 5.30. The van der Waals surface area contributed by atoms with Crippen LogP contribution in [0.4, 0.5) is 0 Å². The lowest BCUT2D eigenvalue weighted by molar-refractivity contribution is 0.0647. The molecule has 0 spiro atoms. The molecule has 1 radical (unpaired) electrons. The van der Waals surface area contributed by atoms with Crippen LogP contribution in [0.5, 0.6) is 0 Å². The molecule has 1 nitrogen and oxygen atoms in total. The van der Waals surface area contributed by atoms with Gasteiger partial charge in [0.2, 0.25) is 0 Å². The summed E-state index contributed by atoms with van der Waals surface area (Å²) in [5.41, 5.74) is 0. The van der Waals surface area contributed by atoms with Gasteiger partial charge in [-0.2, -0.15) is 0 Å². The molecule has 0 amide bonds. The smallest absolute Gasteiger partial charge is 0.0606 e. The van der Waals surface area contributed by atoms with Crippen molar-refractivity contribution < 1.29 is 4.74 Å². The SMILES string of the molecule is CC[CH]C(CCC)OCCCC. The van der Waals surface area contributed by atoms with Gasteiger partial charge in [-0.05, 0) is 19.3 Å². The van der Waals surface area contributed by atoms with E-state index in [0.29, 0.717) is 6.10 Å². The second kappa shape index (κ2) is 9.05. The molecule has 0 aromatic carbocycles. The zero-order chi connectivity index (χ0) is 9.23. The van der Waals surface area contributed by atoms with Crippen molar-refractivity contribution in [3.63, 3.8) is 0 Å². The summed E-state index contributed by atoms with van der Waals surface area (Å²) in [5, 5.41) is 0. The third kappa shape index (κ3) is 6.66. The fourth-order valence-corrected chi connectivity index (χ4v) is 1.20. The summed E-state index contributed by atoms with van der Waals surface area (Å²) in [5.74, 6) is 0. The molecule has 0 aromatic heterocycles. The van der Waals surface area contributed by atoms with E-state index in [0.717, 1.165) is 13.0 Å². The van der Waals surface area contributed by atoms with Gasteiger partial charge in [0.1, 0.15) is 0 Å². The third-order valence-electron chi connectivity index (χ3n) is 1.90. The van der Waals surface area contributed by atoms with Crippen molar-refractivity contribution in [3.05, 3.63) is 6.42 Å². The molecular formula is C11H23O. The number of rotatable bonds is 8. The molecular weight excluding hydrogens is 148 g/mol. The number of ether oxygens (including phenoxy) is 1. The summed E-state index contributed by atoms with van der Waals surface area (Å²) in [7, 11) is 0. The van der Waals surface area contributed by atoms with Crippen LogP contribution in [0.1, 0.15) is 52.9 Å². The molecule has 0 saturated carbocycles. The summed E-state index contributed by atoms with van der Waals surface area (Å²) in [4.78, 5) is 0. The molecule has 0 N–H and O–H groups in total. The van der Waals surface area contributed by atoms with Gasteiger partial charge in [0.15, 0.2) is 0 Å². The van der Waals surface area contributed by atoms with Crippen LogP contribution in [0.25, 0.3) is 0 Å².